The number of hydrogen-bond acceptors (Lipinski definition) is 5. The van der Waals surface area contributed by atoms with Gasteiger partial charge < -0.3 is 10.2 Å². The number of benzene rings is 2. The molecule has 2 aromatic rings. The smallest absolute Gasteiger partial charge is 0.243 e. The molecule has 2 saturated heterocycles. The van der Waals surface area contributed by atoms with Crippen LogP contribution in [0.4, 0.5) is 5.69 Å². The summed E-state index contributed by atoms with van der Waals surface area (Å²) in [5.74, 6) is -0.0755. The molecule has 4 rings (SSSR count). The van der Waals surface area contributed by atoms with Crippen LogP contribution >= 0.6 is 0 Å². The highest BCUT2D eigenvalue weighted by Gasteiger charge is 2.32. The lowest BCUT2D eigenvalue weighted by Gasteiger charge is -2.36. The zero-order valence-electron chi connectivity index (χ0n) is 20.2. The van der Waals surface area contributed by atoms with Gasteiger partial charge in [-0.2, -0.15) is 4.31 Å². The molecule has 2 aliphatic rings. The summed E-state index contributed by atoms with van der Waals surface area (Å²) in [5, 5.41) is 3.08. The molecule has 34 heavy (non-hydrogen) atoms. The van der Waals surface area contributed by atoms with Gasteiger partial charge in [0.05, 0.1) is 4.90 Å². The fourth-order valence-electron chi connectivity index (χ4n) is 4.75. The molecule has 1 N–H and O–H groups in total. The first kappa shape index (κ1) is 24.7. The summed E-state index contributed by atoms with van der Waals surface area (Å²) in [5.41, 5.74) is 3.59. The summed E-state index contributed by atoms with van der Waals surface area (Å²) < 4.78 is 27.2. The lowest BCUT2D eigenvalue weighted by atomic mass is 9.97. The number of aryl methyl sites for hydroxylation is 2. The third-order valence-electron chi connectivity index (χ3n) is 6.95. The van der Waals surface area contributed by atoms with Crippen LogP contribution < -0.4 is 10.2 Å². The minimum absolute atomic E-state index is 0.0470. The Morgan fingerprint density at radius 3 is 2.24 bits per heavy atom. The van der Waals surface area contributed by atoms with E-state index in [9.17, 15) is 13.2 Å². The third kappa shape index (κ3) is 5.98. The van der Waals surface area contributed by atoms with Crippen molar-refractivity contribution in [2.75, 3.05) is 57.3 Å². The largest absolute Gasteiger partial charge is 0.369 e. The van der Waals surface area contributed by atoms with Gasteiger partial charge in [-0.3, -0.25) is 9.69 Å². The molecule has 0 aliphatic carbocycles. The number of carbonyl (C=O) groups is 1. The van der Waals surface area contributed by atoms with E-state index in [0.717, 1.165) is 38.3 Å². The van der Waals surface area contributed by atoms with E-state index in [1.165, 1.54) is 15.6 Å². The maximum absolute atomic E-state index is 12.9. The minimum atomic E-state index is -3.50. The second kappa shape index (κ2) is 10.9. The van der Waals surface area contributed by atoms with Crippen LogP contribution in [0.1, 0.15) is 24.0 Å². The number of anilines is 1. The number of rotatable bonds is 7. The summed E-state index contributed by atoms with van der Waals surface area (Å²) >= 11 is 0. The van der Waals surface area contributed by atoms with Crippen molar-refractivity contribution in [3.8, 4) is 0 Å². The second-order valence-electron chi connectivity index (χ2n) is 9.45. The summed E-state index contributed by atoms with van der Waals surface area (Å²) in [7, 11) is -3.50. The molecule has 0 spiro atoms. The standard InChI is InChI=1S/C26H36N4O3S/c1-21-6-8-25(9-7-21)34(32,33)30-13-10-23(11-14-30)26(31)27-12-15-28-16-18-29(19-17-28)24-5-3-4-22(2)20-24/h3-9,20,23H,10-19H2,1-2H3,(H,27,31). The Balaban J connectivity index is 1.17. The average Bonchev–Trinajstić information content (AvgIpc) is 2.85. The zero-order chi connectivity index (χ0) is 24.1. The van der Waals surface area contributed by atoms with Crippen LogP contribution in [0.3, 0.4) is 0 Å². The normalized spacial score (nSPS) is 18.7. The molecule has 1 amide bonds. The molecule has 0 radical (unpaired) electrons. The fourth-order valence-corrected chi connectivity index (χ4v) is 6.22. The quantitative estimate of drug-likeness (QED) is 0.654. The Kier molecular flexibility index (Phi) is 7.91. The molecular formula is C26H36N4O3S. The second-order valence-corrected chi connectivity index (χ2v) is 11.4. The number of piperidine rings is 1. The van der Waals surface area contributed by atoms with Crippen LogP contribution in [0.15, 0.2) is 53.4 Å². The van der Waals surface area contributed by atoms with E-state index in [1.807, 2.05) is 19.1 Å². The zero-order valence-corrected chi connectivity index (χ0v) is 21.1. The first-order chi connectivity index (χ1) is 16.3. The van der Waals surface area contributed by atoms with Crippen molar-refractivity contribution in [3.63, 3.8) is 0 Å². The van der Waals surface area contributed by atoms with Crippen LogP contribution in [0, 0.1) is 19.8 Å². The molecule has 2 heterocycles. The van der Waals surface area contributed by atoms with Gasteiger partial charge in [0.1, 0.15) is 0 Å². The predicted molar refractivity (Wildman–Crippen MR) is 136 cm³/mol. The Bertz CT molecular complexity index is 1070. The summed E-state index contributed by atoms with van der Waals surface area (Å²) in [6.45, 7) is 10.2. The van der Waals surface area contributed by atoms with Crippen molar-refractivity contribution in [1.29, 1.82) is 0 Å². The van der Waals surface area contributed by atoms with Crippen LogP contribution in [0.25, 0.3) is 0 Å². The van der Waals surface area contributed by atoms with E-state index >= 15 is 0 Å². The summed E-state index contributed by atoms with van der Waals surface area (Å²) in [6, 6.07) is 15.6. The number of amides is 1. The van der Waals surface area contributed by atoms with E-state index in [2.05, 4.69) is 46.3 Å². The van der Waals surface area contributed by atoms with Gasteiger partial charge in [0, 0.05) is 64.0 Å². The van der Waals surface area contributed by atoms with Crippen molar-refractivity contribution in [1.82, 2.24) is 14.5 Å². The topological polar surface area (TPSA) is 73.0 Å². The lowest BCUT2D eigenvalue weighted by Crippen LogP contribution is -2.49. The molecule has 184 valence electrons. The molecule has 0 saturated carbocycles. The Labute approximate surface area is 203 Å². The molecule has 0 aromatic heterocycles. The van der Waals surface area contributed by atoms with Crippen LogP contribution in [-0.4, -0.2) is 75.9 Å². The van der Waals surface area contributed by atoms with Gasteiger partial charge in [0.25, 0.3) is 0 Å². The molecule has 0 unspecified atom stereocenters. The van der Waals surface area contributed by atoms with Crippen molar-refractivity contribution in [3.05, 3.63) is 59.7 Å². The molecule has 0 bridgehead atoms. The Morgan fingerprint density at radius 1 is 0.912 bits per heavy atom. The number of hydrogen-bond donors (Lipinski definition) is 1. The van der Waals surface area contributed by atoms with Crippen molar-refractivity contribution in [2.24, 2.45) is 5.92 Å². The number of carbonyl (C=O) groups excluding carboxylic acids is 1. The molecule has 2 aliphatic heterocycles. The number of sulfonamides is 1. The Hall–Kier alpha value is -2.42. The Morgan fingerprint density at radius 2 is 1.59 bits per heavy atom. The predicted octanol–water partition coefficient (Wildman–Crippen LogP) is 2.64. The molecule has 7 nitrogen and oxygen atoms in total. The van der Waals surface area contributed by atoms with Gasteiger partial charge in [0.15, 0.2) is 0 Å². The van der Waals surface area contributed by atoms with E-state index < -0.39 is 10.0 Å². The summed E-state index contributed by atoms with van der Waals surface area (Å²) in [6.07, 6.45) is 1.12. The molecule has 2 aromatic carbocycles. The first-order valence-electron chi connectivity index (χ1n) is 12.2. The maximum atomic E-state index is 12.9. The SMILES string of the molecule is Cc1ccc(S(=O)(=O)N2CCC(C(=O)NCCN3CCN(c4cccc(C)c4)CC3)CC2)cc1. The number of nitrogens with zero attached hydrogens (tertiary/aromatic N) is 3. The van der Waals surface area contributed by atoms with E-state index in [0.29, 0.717) is 37.4 Å². The van der Waals surface area contributed by atoms with Gasteiger partial charge in [-0.1, -0.05) is 29.8 Å². The molecule has 8 heteroatoms. The van der Waals surface area contributed by atoms with Crippen LogP contribution in [0.5, 0.6) is 0 Å². The minimum Gasteiger partial charge on any atom is -0.369 e. The van der Waals surface area contributed by atoms with Crippen LogP contribution in [0.2, 0.25) is 0 Å². The van der Waals surface area contributed by atoms with Gasteiger partial charge in [-0.15, -0.1) is 0 Å². The highest BCUT2D eigenvalue weighted by molar-refractivity contribution is 7.89. The van der Waals surface area contributed by atoms with Gasteiger partial charge in [-0.25, -0.2) is 8.42 Å². The number of piperazine rings is 1. The maximum Gasteiger partial charge on any atom is 0.243 e. The van der Waals surface area contributed by atoms with Crippen molar-refractivity contribution < 1.29 is 13.2 Å². The lowest BCUT2D eigenvalue weighted by molar-refractivity contribution is -0.126. The summed E-state index contributed by atoms with van der Waals surface area (Å²) in [4.78, 5) is 17.8. The highest BCUT2D eigenvalue weighted by Crippen LogP contribution is 2.24. The van der Waals surface area contributed by atoms with Gasteiger partial charge in [-0.05, 0) is 56.5 Å². The van der Waals surface area contributed by atoms with Gasteiger partial charge in [0.2, 0.25) is 15.9 Å². The first-order valence-corrected chi connectivity index (χ1v) is 13.7. The van der Waals surface area contributed by atoms with Gasteiger partial charge >= 0.3 is 0 Å². The van der Waals surface area contributed by atoms with E-state index in [1.54, 1.807) is 12.1 Å². The molecular weight excluding hydrogens is 448 g/mol. The molecule has 0 atom stereocenters. The number of nitrogens with one attached hydrogen (secondary N) is 1. The fraction of sp³-hybridized carbons (Fsp3) is 0.500. The van der Waals surface area contributed by atoms with E-state index in [-0.39, 0.29) is 11.8 Å². The average molecular weight is 485 g/mol. The van der Waals surface area contributed by atoms with Crippen LogP contribution in [-0.2, 0) is 14.8 Å². The monoisotopic (exact) mass is 484 g/mol. The van der Waals surface area contributed by atoms with Crippen molar-refractivity contribution >= 4 is 21.6 Å². The highest BCUT2D eigenvalue weighted by atomic mass is 32.2. The third-order valence-corrected chi connectivity index (χ3v) is 8.86. The van der Waals surface area contributed by atoms with Crippen molar-refractivity contribution in [2.45, 2.75) is 31.6 Å². The van der Waals surface area contributed by atoms with E-state index in [4.69, 9.17) is 0 Å². The molecule has 2 fully saturated rings.